The lowest BCUT2D eigenvalue weighted by molar-refractivity contribution is -0.117. The number of hydrogen-bond donors (Lipinski definition) is 1. The van der Waals surface area contributed by atoms with Crippen LogP contribution in [0.4, 0.5) is 4.39 Å². The van der Waals surface area contributed by atoms with Crippen molar-refractivity contribution in [2.75, 3.05) is 13.2 Å². The summed E-state index contributed by atoms with van der Waals surface area (Å²) < 4.78 is 24.8. The number of benzene rings is 2. The number of rotatable bonds is 4. The van der Waals surface area contributed by atoms with Gasteiger partial charge in [0.1, 0.15) is 5.82 Å². The number of ether oxygens (including phenoxy) is 2. The fraction of sp³-hybridized carbons (Fsp3) is 0.250. The van der Waals surface area contributed by atoms with Crippen molar-refractivity contribution in [2.45, 2.75) is 19.4 Å². The predicted octanol–water partition coefficient (Wildman–Crippen LogP) is 3.88. The third-order valence-corrected chi connectivity index (χ3v) is 3.95. The normalized spacial score (nSPS) is 14.8. The summed E-state index contributed by atoms with van der Waals surface area (Å²) in [4.78, 5) is 12.1. The summed E-state index contributed by atoms with van der Waals surface area (Å²) in [5.74, 6) is 0.766. The molecule has 0 aliphatic carbocycles. The fourth-order valence-corrected chi connectivity index (χ4v) is 2.57. The van der Waals surface area contributed by atoms with Crippen molar-refractivity contribution in [3.63, 3.8) is 0 Å². The molecule has 3 rings (SSSR count). The summed E-state index contributed by atoms with van der Waals surface area (Å²) in [6.07, 6.45) is 3.64. The minimum absolute atomic E-state index is 0.213. The maximum atomic E-state index is 13.6. The zero-order valence-electron chi connectivity index (χ0n) is 14.0. The van der Waals surface area contributed by atoms with Crippen LogP contribution in [0.3, 0.4) is 0 Å². The van der Waals surface area contributed by atoms with Gasteiger partial charge >= 0.3 is 0 Å². The average Bonchev–Trinajstić information content (AvgIpc) is 2.85. The van der Waals surface area contributed by atoms with Gasteiger partial charge in [-0.3, -0.25) is 4.79 Å². The third kappa shape index (κ3) is 4.38. The maximum absolute atomic E-state index is 13.6. The molecule has 4 nitrogen and oxygen atoms in total. The molecule has 1 unspecified atom stereocenters. The molecule has 0 spiro atoms. The molecule has 130 valence electrons. The van der Waals surface area contributed by atoms with E-state index in [1.165, 1.54) is 18.2 Å². The molecule has 2 aromatic rings. The lowest BCUT2D eigenvalue weighted by Gasteiger charge is -2.15. The van der Waals surface area contributed by atoms with E-state index in [2.05, 4.69) is 5.32 Å². The van der Waals surface area contributed by atoms with Gasteiger partial charge in [-0.05, 0) is 36.8 Å². The Kier molecular flexibility index (Phi) is 5.33. The van der Waals surface area contributed by atoms with Gasteiger partial charge in [0.05, 0.1) is 19.3 Å². The highest BCUT2D eigenvalue weighted by Crippen LogP contribution is 2.32. The van der Waals surface area contributed by atoms with E-state index in [1.54, 1.807) is 18.2 Å². The molecule has 1 aliphatic rings. The zero-order valence-corrected chi connectivity index (χ0v) is 14.0. The van der Waals surface area contributed by atoms with E-state index in [1.807, 2.05) is 25.1 Å². The minimum Gasteiger partial charge on any atom is -0.490 e. The lowest BCUT2D eigenvalue weighted by atomic mass is 10.1. The molecule has 5 heteroatoms. The summed E-state index contributed by atoms with van der Waals surface area (Å²) in [5.41, 5.74) is 1.29. The second-order valence-electron chi connectivity index (χ2n) is 5.84. The molecule has 0 fully saturated rings. The zero-order chi connectivity index (χ0) is 17.6. The molecule has 0 aromatic heterocycles. The molecule has 1 amide bonds. The van der Waals surface area contributed by atoms with Crippen LogP contribution in [0, 0.1) is 5.82 Å². The van der Waals surface area contributed by atoms with Crippen molar-refractivity contribution in [3.8, 4) is 11.5 Å². The van der Waals surface area contributed by atoms with E-state index in [4.69, 9.17) is 9.47 Å². The molecule has 1 N–H and O–H groups in total. The first-order valence-corrected chi connectivity index (χ1v) is 8.26. The Bertz CT molecular complexity index is 788. The Hall–Kier alpha value is -2.82. The van der Waals surface area contributed by atoms with Crippen LogP contribution in [0.25, 0.3) is 6.08 Å². The fourth-order valence-electron chi connectivity index (χ4n) is 2.57. The van der Waals surface area contributed by atoms with Crippen molar-refractivity contribution in [2.24, 2.45) is 0 Å². The van der Waals surface area contributed by atoms with Crippen LogP contribution in [0.5, 0.6) is 11.5 Å². The van der Waals surface area contributed by atoms with Gasteiger partial charge in [-0.1, -0.05) is 24.3 Å². The molecule has 25 heavy (non-hydrogen) atoms. The van der Waals surface area contributed by atoms with Crippen molar-refractivity contribution in [3.05, 3.63) is 65.5 Å². The number of amides is 1. The molecule has 1 atom stereocenters. The molecule has 0 radical (unpaired) electrons. The van der Waals surface area contributed by atoms with Gasteiger partial charge in [0.25, 0.3) is 0 Å². The third-order valence-electron chi connectivity index (χ3n) is 3.95. The Morgan fingerprint density at radius 3 is 2.72 bits per heavy atom. The van der Waals surface area contributed by atoms with Gasteiger partial charge in [-0.2, -0.15) is 0 Å². The Labute approximate surface area is 146 Å². The highest BCUT2D eigenvalue weighted by Gasteiger charge is 2.14. The van der Waals surface area contributed by atoms with E-state index in [0.29, 0.717) is 24.5 Å². The Morgan fingerprint density at radius 1 is 1.16 bits per heavy atom. The summed E-state index contributed by atoms with van der Waals surface area (Å²) >= 11 is 0. The molecular formula is C20H20FNO3. The van der Waals surface area contributed by atoms with Gasteiger partial charge in [-0.25, -0.2) is 4.39 Å². The molecular weight excluding hydrogens is 321 g/mol. The topological polar surface area (TPSA) is 47.6 Å². The highest BCUT2D eigenvalue weighted by atomic mass is 19.1. The monoisotopic (exact) mass is 341 g/mol. The SMILES string of the molecule is CC(NC(=O)/C=C/c1ccccc1F)c1ccc2c(c1)OCCCO2. The van der Waals surface area contributed by atoms with Crippen LogP contribution in [-0.4, -0.2) is 19.1 Å². The predicted molar refractivity (Wildman–Crippen MR) is 94.0 cm³/mol. The Balaban J connectivity index is 1.65. The quantitative estimate of drug-likeness (QED) is 0.859. The first-order valence-electron chi connectivity index (χ1n) is 8.26. The van der Waals surface area contributed by atoms with Crippen molar-refractivity contribution in [1.82, 2.24) is 5.32 Å². The van der Waals surface area contributed by atoms with Gasteiger partial charge in [-0.15, -0.1) is 0 Å². The second kappa shape index (κ2) is 7.83. The number of carbonyl (C=O) groups excluding carboxylic acids is 1. The second-order valence-corrected chi connectivity index (χ2v) is 5.84. The van der Waals surface area contributed by atoms with Gasteiger partial charge in [0.2, 0.25) is 5.91 Å². The summed E-state index contributed by atoms with van der Waals surface area (Å²) in [7, 11) is 0. The lowest BCUT2D eigenvalue weighted by Crippen LogP contribution is -2.24. The molecule has 0 saturated heterocycles. The van der Waals surface area contributed by atoms with Gasteiger partial charge < -0.3 is 14.8 Å². The van der Waals surface area contributed by atoms with E-state index >= 15 is 0 Å². The van der Waals surface area contributed by atoms with E-state index in [-0.39, 0.29) is 17.8 Å². The van der Waals surface area contributed by atoms with Gasteiger partial charge in [0.15, 0.2) is 11.5 Å². The van der Waals surface area contributed by atoms with E-state index in [0.717, 1.165) is 17.7 Å². The molecule has 0 saturated carbocycles. The standard InChI is InChI=1S/C20H20FNO3/c1-14(16-7-9-18-19(13-16)25-12-4-11-24-18)22-20(23)10-8-15-5-2-3-6-17(15)21/h2-3,5-10,13-14H,4,11-12H2,1H3,(H,22,23)/b10-8+. The van der Waals surface area contributed by atoms with Crippen molar-refractivity contribution in [1.29, 1.82) is 0 Å². The van der Waals surface area contributed by atoms with Gasteiger partial charge in [0, 0.05) is 18.1 Å². The average molecular weight is 341 g/mol. The molecule has 0 bridgehead atoms. The highest BCUT2D eigenvalue weighted by molar-refractivity contribution is 5.92. The Morgan fingerprint density at radius 2 is 1.92 bits per heavy atom. The number of nitrogens with one attached hydrogen (secondary N) is 1. The van der Waals surface area contributed by atoms with Crippen LogP contribution in [0.15, 0.2) is 48.5 Å². The largest absolute Gasteiger partial charge is 0.490 e. The maximum Gasteiger partial charge on any atom is 0.244 e. The van der Waals surface area contributed by atoms with Crippen molar-refractivity contribution < 1.29 is 18.7 Å². The van der Waals surface area contributed by atoms with Crippen LogP contribution in [0.1, 0.15) is 30.5 Å². The van der Waals surface area contributed by atoms with Crippen LogP contribution < -0.4 is 14.8 Å². The van der Waals surface area contributed by atoms with Crippen LogP contribution >= 0.6 is 0 Å². The summed E-state index contributed by atoms with van der Waals surface area (Å²) in [5, 5.41) is 2.86. The number of fused-ring (bicyclic) bond motifs is 1. The first kappa shape index (κ1) is 17.0. The number of halogens is 1. The first-order chi connectivity index (χ1) is 12.1. The minimum atomic E-state index is -0.359. The number of hydrogen-bond acceptors (Lipinski definition) is 3. The molecule has 1 heterocycles. The van der Waals surface area contributed by atoms with E-state index in [9.17, 15) is 9.18 Å². The molecule has 1 aliphatic heterocycles. The number of carbonyl (C=O) groups is 1. The van der Waals surface area contributed by atoms with Crippen molar-refractivity contribution >= 4 is 12.0 Å². The van der Waals surface area contributed by atoms with E-state index < -0.39 is 0 Å². The van der Waals surface area contributed by atoms with Crippen LogP contribution in [-0.2, 0) is 4.79 Å². The smallest absolute Gasteiger partial charge is 0.244 e. The summed E-state index contributed by atoms with van der Waals surface area (Å²) in [6.45, 7) is 3.14. The summed E-state index contributed by atoms with van der Waals surface area (Å²) in [6, 6.07) is 11.7. The molecule has 2 aromatic carbocycles. The van der Waals surface area contributed by atoms with Crippen LogP contribution in [0.2, 0.25) is 0 Å².